The molecular weight excluding hydrogens is 372 g/mol. The zero-order chi connectivity index (χ0) is 20.1. The molecule has 0 saturated carbocycles. The van der Waals surface area contributed by atoms with Gasteiger partial charge in [-0.15, -0.1) is 0 Å². The van der Waals surface area contributed by atoms with Crippen molar-refractivity contribution >= 4 is 27.3 Å². The molecule has 1 saturated heterocycles. The summed E-state index contributed by atoms with van der Waals surface area (Å²) >= 11 is 0. The first-order valence-electron chi connectivity index (χ1n) is 9.92. The summed E-state index contributed by atoms with van der Waals surface area (Å²) in [6, 6.07) is 13.1. The van der Waals surface area contributed by atoms with Gasteiger partial charge in [0.15, 0.2) is 0 Å². The van der Waals surface area contributed by atoms with Crippen LogP contribution < -0.4 is 9.62 Å². The van der Waals surface area contributed by atoms with Gasteiger partial charge in [0.2, 0.25) is 10.0 Å². The molecule has 2 aromatic rings. The second-order valence-electron chi connectivity index (χ2n) is 7.35. The van der Waals surface area contributed by atoms with E-state index < -0.39 is 10.0 Å². The van der Waals surface area contributed by atoms with Crippen LogP contribution in [0, 0.1) is 6.92 Å². The lowest BCUT2D eigenvalue weighted by Crippen LogP contribution is -2.38. The standard InChI is InChI=1S/C22H28N2O3S/c1-3-4-7-18-9-12-20(13-10-18)23-22(25)19-11-8-17(2)21(16-19)24-14-5-6-15-28(24,26)27/h8-13,16H,3-7,14-15H2,1-2H3,(H,23,25). The Morgan fingerprint density at radius 1 is 1.11 bits per heavy atom. The molecule has 0 aliphatic carbocycles. The summed E-state index contributed by atoms with van der Waals surface area (Å²) in [6.07, 6.45) is 4.86. The smallest absolute Gasteiger partial charge is 0.255 e. The molecule has 0 atom stereocenters. The molecule has 0 unspecified atom stereocenters. The number of carbonyl (C=O) groups excluding carboxylic acids is 1. The highest BCUT2D eigenvalue weighted by Gasteiger charge is 2.27. The lowest BCUT2D eigenvalue weighted by atomic mass is 10.1. The van der Waals surface area contributed by atoms with Crippen molar-refractivity contribution in [3.05, 3.63) is 59.2 Å². The van der Waals surface area contributed by atoms with E-state index in [1.165, 1.54) is 9.87 Å². The quantitative estimate of drug-likeness (QED) is 0.775. The fraction of sp³-hybridized carbons (Fsp3) is 0.409. The molecule has 0 bridgehead atoms. The maximum absolute atomic E-state index is 12.7. The highest BCUT2D eigenvalue weighted by Crippen LogP contribution is 2.28. The number of rotatable bonds is 6. The molecule has 0 spiro atoms. The fourth-order valence-electron chi connectivity index (χ4n) is 3.42. The number of carbonyl (C=O) groups is 1. The second-order valence-corrected chi connectivity index (χ2v) is 9.36. The number of nitrogens with one attached hydrogen (secondary N) is 1. The Balaban J connectivity index is 1.77. The van der Waals surface area contributed by atoms with E-state index in [4.69, 9.17) is 0 Å². The number of benzene rings is 2. The Kier molecular flexibility index (Phi) is 6.39. The molecule has 1 N–H and O–H groups in total. The molecular formula is C22H28N2O3S. The predicted molar refractivity (Wildman–Crippen MR) is 115 cm³/mol. The summed E-state index contributed by atoms with van der Waals surface area (Å²) in [6.45, 7) is 4.50. The molecule has 1 fully saturated rings. The highest BCUT2D eigenvalue weighted by atomic mass is 32.2. The van der Waals surface area contributed by atoms with Crippen LogP contribution in [0.3, 0.4) is 0 Å². The van der Waals surface area contributed by atoms with Crippen LogP contribution in [-0.2, 0) is 16.4 Å². The summed E-state index contributed by atoms with van der Waals surface area (Å²) in [5, 5.41) is 2.90. The number of amides is 1. The van der Waals surface area contributed by atoms with Crippen molar-refractivity contribution < 1.29 is 13.2 Å². The van der Waals surface area contributed by atoms with Gasteiger partial charge >= 0.3 is 0 Å². The van der Waals surface area contributed by atoms with Crippen LogP contribution in [0.5, 0.6) is 0 Å². The van der Waals surface area contributed by atoms with E-state index in [2.05, 4.69) is 12.2 Å². The maximum Gasteiger partial charge on any atom is 0.255 e. The Labute approximate surface area is 167 Å². The van der Waals surface area contributed by atoms with Crippen molar-refractivity contribution in [2.45, 2.75) is 46.0 Å². The van der Waals surface area contributed by atoms with Crippen molar-refractivity contribution in [3.8, 4) is 0 Å². The second kappa shape index (κ2) is 8.78. The van der Waals surface area contributed by atoms with Gasteiger partial charge in [-0.1, -0.05) is 31.5 Å². The van der Waals surface area contributed by atoms with Gasteiger partial charge in [-0.2, -0.15) is 0 Å². The average molecular weight is 401 g/mol. The summed E-state index contributed by atoms with van der Waals surface area (Å²) in [4.78, 5) is 12.7. The highest BCUT2D eigenvalue weighted by molar-refractivity contribution is 7.92. The van der Waals surface area contributed by atoms with Crippen LogP contribution in [0.1, 0.15) is 54.1 Å². The van der Waals surface area contributed by atoms with E-state index in [1.807, 2.05) is 37.3 Å². The van der Waals surface area contributed by atoms with Crippen LogP contribution in [0.25, 0.3) is 0 Å². The Hall–Kier alpha value is -2.34. The molecule has 1 aliphatic heterocycles. The first-order chi connectivity index (χ1) is 13.4. The van der Waals surface area contributed by atoms with E-state index in [9.17, 15) is 13.2 Å². The van der Waals surface area contributed by atoms with Crippen LogP contribution in [0.4, 0.5) is 11.4 Å². The van der Waals surface area contributed by atoms with Crippen LogP contribution in [0.15, 0.2) is 42.5 Å². The van der Waals surface area contributed by atoms with Gasteiger partial charge in [-0.3, -0.25) is 9.10 Å². The Bertz CT molecular complexity index is 937. The van der Waals surface area contributed by atoms with E-state index >= 15 is 0 Å². The van der Waals surface area contributed by atoms with Gasteiger partial charge in [0.25, 0.3) is 5.91 Å². The lowest BCUT2D eigenvalue weighted by molar-refractivity contribution is 0.102. The van der Waals surface area contributed by atoms with Gasteiger partial charge in [0, 0.05) is 17.8 Å². The molecule has 0 radical (unpaired) electrons. The number of aryl methyl sites for hydroxylation is 2. The van der Waals surface area contributed by atoms with Crippen molar-refractivity contribution in [2.24, 2.45) is 0 Å². The normalized spacial score (nSPS) is 16.0. The molecule has 28 heavy (non-hydrogen) atoms. The third-order valence-electron chi connectivity index (χ3n) is 5.12. The third kappa shape index (κ3) is 4.73. The third-order valence-corrected chi connectivity index (χ3v) is 6.98. The minimum Gasteiger partial charge on any atom is -0.322 e. The lowest BCUT2D eigenvalue weighted by Gasteiger charge is -2.29. The number of hydrogen-bond donors (Lipinski definition) is 1. The van der Waals surface area contributed by atoms with E-state index in [1.54, 1.807) is 12.1 Å². The monoisotopic (exact) mass is 400 g/mol. The van der Waals surface area contributed by atoms with Crippen molar-refractivity contribution in [1.82, 2.24) is 0 Å². The van der Waals surface area contributed by atoms with Gasteiger partial charge in [0.05, 0.1) is 11.4 Å². The summed E-state index contributed by atoms with van der Waals surface area (Å²) in [5.41, 5.74) is 3.90. The Morgan fingerprint density at radius 3 is 2.54 bits per heavy atom. The first kappa shape index (κ1) is 20.4. The number of nitrogens with zero attached hydrogens (tertiary/aromatic N) is 1. The zero-order valence-corrected chi connectivity index (χ0v) is 17.4. The van der Waals surface area contributed by atoms with Gasteiger partial charge < -0.3 is 5.32 Å². The molecule has 5 nitrogen and oxygen atoms in total. The molecule has 0 aromatic heterocycles. The van der Waals surface area contributed by atoms with Crippen molar-refractivity contribution in [2.75, 3.05) is 21.9 Å². The first-order valence-corrected chi connectivity index (χ1v) is 11.5. The van der Waals surface area contributed by atoms with Crippen LogP contribution in [0.2, 0.25) is 0 Å². The minimum absolute atomic E-state index is 0.160. The maximum atomic E-state index is 12.7. The topological polar surface area (TPSA) is 66.5 Å². The number of unbranched alkanes of at least 4 members (excludes halogenated alkanes) is 1. The van der Waals surface area contributed by atoms with E-state index in [-0.39, 0.29) is 11.7 Å². The van der Waals surface area contributed by atoms with Crippen molar-refractivity contribution in [1.29, 1.82) is 0 Å². The minimum atomic E-state index is -3.31. The van der Waals surface area contributed by atoms with Gasteiger partial charge in [-0.05, 0) is 68.0 Å². The fourth-order valence-corrected chi connectivity index (χ4v) is 5.11. The summed E-state index contributed by atoms with van der Waals surface area (Å²) < 4.78 is 26.3. The van der Waals surface area contributed by atoms with E-state index in [0.717, 1.165) is 36.9 Å². The summed E-state index contributed by atoms with van der Waals surface area (Å²) in [7, 11) is -3.31. The van der Waals surface area contributed by atoms with Gasteiger partial charge in [0.1, 0.15) is 0 Å². The number of hydrogen-bond acceptors (Lipinski definition) is 3. The van der Waals surface area contributed by atoms with Crippen LogP contribution in [-0.4, -0.2) is 26.6 Å². The molecule has 3 rings (SSSR count). The number of sulfonamides is 1. The molecule has 1 aliphatic rings. The van der Waals surface area contributed by atoms with Crippen molar-refractivity contribution in [3.63, 3.8) is 0 Å². The molecule has 1 heterocycles. The summed E-state index contributed by atoms with van der Waals surface area (Å²) in [5.74, 6) is -0.0790. The average Bonchev–Trinajstić information content (AvgIpc) is 2.68. The molecule has 2 aromatic carbocycles. The van der Waals surface area contributed by atoms with Crippen LogP contribution >= 0.6 is 0 Å². The Morgan fingerprint density at radius 2 is 1.86 bits per heavy atom. The number of anilines is 2. The zero-order valence-electron chi connectivity index (χ0n) is 16.6. The SMILES string of the molecule is CCCCc1ccc(NC(=O)c2ccc(C)c(N3CCCCS3(=O)=O)c2)cc1. The van der Waals surface area contributed by atoms with E-state index in [0.29, 0.717) is 24.2 Å². The van der Waals surface area contributed by atoms with Gasteiger partial charge in [-0.25, -0.2) is 8.42 Å². The molecule has 1 amide bonds. The predicted octanol–water partition coefficient (Wildman–Crippen LogP) is 4.52. The molecule has 6 heteroatoms. The largest absolute Gasteiger partial charge is 0.322 e. The molecule has 150 valence electrons.